The SMILES string of the molecule is CNC(=O)c1nc(C)c(C)c(N2CC[C@@H](NC3CCCc4c3cnn4C)C2)n1. The molecule has 2 N–H and O–H groups in total. The lowest BCUT2D eigenvalue weighted by molar-refractivity contribution is 0.0952. The number of carbonyl (C=O) groups is 1. The van der Waals surface area contributed by atoms with Gasteiger partial charge >= 0.3 is 0 Å². The molecular weight excluding hydrogens is 354 g/mol. The number of hydrogen-bond acceptors (Lipinski definition) is 6. The van der Waals surface area contributed by atoms with Gasteiger partial charge in [0.05, 0.1) is 6.20 Å². The Kier molecular flexibility index (Phi) is 5.05. The summed E-state index contributed by atoms with van der Waals surface area (Å²) in [5.74, 6) is 0.870. The lowest BCUT2D eigenvalue weighted by atomic mass is 9.92. The highest BCUT2D eigenvalue weighted by atomic mass is 16.2. The molecule has 1 saturated heterocycles. The molecule has 0 spiro atoms. The molecular formula is C20H29N7O. The molecule has 0 bridgehead atoms. The van der Waals surface area contributed by atoms with E-state index >= 15 is 0 Å². The van der Waals surface area contributed by atoms with Crippen LogP contribution in [0, 0.1) is 13.8 Å². The van der Waals surface area contributed by atoms with E-state index in [1.54, 1.807) is 7.05 Å². The van der Waals surface area contributed by atoms with Gasteiger partial charge in [-0.3, -0.25) is 9.48 Å². The average Bonchev–Trinajstić information content (AvgIpc) is 3.31. The van der Waals surface area contributed by atoms with Gasteiger partial charge in [0.1, 0.15) is 5.82 Å². The second-order valence-corrected chi connectivity index (χ2v) is 7.87. The summed E-state index contributed by atoms with van der Waals surface area (Å²) in [5.41, 5.74) is 4.60. The van der Waals surface area contributed by atoms with Crippen molar-refractivity contribution in [2.24, 2.45) is 7.05 Å². The van der Waals surface area contributed by atoms with Gasteiger partial charge in [-0.1, -0.05) is 0 Å². The normalized spacial score (nSPS) is 21.6. The van der Waals surface area contributed by atoms with E-state index in [0.29, 0.717) is 12.1 Å². The Bertz CT molecular complexity index is 891. The molecule has 28 heavy (non-hydrogen) atoms. The summed E-state index contributed by atoms with van der Waals surface area (Å²) in [5, 5.41) is 10.9. The average molecular weight is 384 g/mol. The first-order valence-electron chi connectivity index (χ1n) is 10.1. The Labute approximate surface area is 165 Å². The summed E-state index contributed by atoms with van der Waals surface area (Å²) in [4.78, 5) is 23.2. The van der Waals surface area contributed by atoms with Crippen molar-refractivity contribution in [3.8, 4) is 0 Å². The van der Waals surface area contributed by atoms with Crippen molar-refractivity contribution >= 4 is 11.7 Å². The number of aryl methyl sites for hydroxylation is 2. The summed E-state index contributed by atoms with van der Waals surface area (Å²) < 4.78 is 2.01. The predicted octanol–water partition coefficient (Wildman–Crippen LogP) is 1.43. The molecule has 2 atom stereocenters. The van der Waals surface area contributed by atoms with Crippen LogP contribution in [0.4, 0.5) is 5.82 Å². The predicted molar refractivity (Wildman–Crippen MR) is 108 cm³/mol. The highest BCUT2D eigenvalue weighted by Gasteiger charge is 2.30. The maximum atomic E-state index is 12.0. The fourth-order valence-corrected chi connectivity index (χ4v) is 4.39. The lowest BCUT2D eigenvalue weighted by Crippen LogP contribution is -2.37. The summed E-state index contributed by atoms with van der Waals surface area (Å²) in [6.07, 6.45) is 6.54. The van der Waals surface area contributed by atoms with Gasteiger partial charge in [0, 0.05) is 61.8 Å². The largest absolute Gasteiger partial charge is 0.355 e. The number of hydrogen-bond donors (Lipinski definition) is 2. The smallest absolute Gasteiger partial charge is 0.288 e. The van der Waals surface area contributed by atoms with Crippen molar-refractivity contribution < 1.29 is 4.79 Å². The van der Waals surface area contributed by atoms with Gasteiger partial charge in [0.25, 0.3) is 5.91 Å². The molecule has 4 rings (SSSR count). The van der Waals surface area contributed by atoms with Gasteiger partial charge < -0.3 is 15.5 Å². The third-order valence-electron chi connectivity index (χ3n) is 6.09. The Morgan fingerprint density at radius 1 is 1.25 bits per heavy atom. The molecule has 2 aromatic heterocycles. The number of carbonyl (C=O) groups excluding carboxylic acids is 1. The molecule has 1 aliphatic heterocycles. The third-order valence-corrected chi connectivity index (χ3v) is 6.09. The summed E-state index contributed by atoms with van der Waals surface area (Å²) >= 11 is 0. The summed E-state index contributed by atoms with van der Waals surface area (Å²) in [7, 11) is 3.63. The highest BCUT2D eigenvalue weighted by molar-refractivity contribution is 5.90. The minimum absolute atomic E-state index is 0.240. The summed E-state index contributed by atoms with van der Waals surface area (Å²) in [6.45, 7) is 5.78. The first-order valence-corrected chi connectivity index (χ1v) is 10.1. The Balaban J connectivity index is 1.49. The summed E-state index contributed by atoms with van der Waals surface area (Å²) in [6, 6.07) is 0.770. The number of nitrogens with zero attached hydrogens (tertiary/aromatic N) is 5. The maximum Gasteiger partial charge on any atom is 0.288 e. The molecule has 150 valence electrons. The van der Waals surface area contributed by atoms with E-state index in [0.717, 1.165) is 49.4 Å². The van der Waals surface area contributed by atoms with Gasteiger partial charge in [-0.05, 0) is 39.5 Å². The fraction of sp³-hybridized carbons (Fsp3) is 0.600. The van der Waals surface area contributed by atoms with Crippen molar-refractivity contribution in [2.45, 2.75) is 51.6 Å². The number of amides is 1. The van der Waals surface area contributed by atoms with E-state index in [4.69, 9.17) is 0 Å². The zero-order valence-electron chi connectivity index (χ0n) is 17.1. The van der Waals surface area contributed by atoms with Crippen LogP contribution in [-0.2, 0) is 13.5 Å². The monoisotopic (exact) mass is 383 g/mol. The first kappa shape index (κ1) is 18.9. The number of anilines is 1. The lowest BCUT2D eigenvalue weighted by Gasteiger charge is -2.27. The van der Waals surface area contributed by atoms with Gasteiger partial charge in [-0.25, -0.2) is 9.97 Å². The van der Waals surface area contributed by atoms with Gasteiger partial charge in [-0.15, -0.1) is 0 Å². The van der Waals surface area contributed by atoms with E-state index in [9.17, 15) is 4.79 Å². The Morgan fingerprint density at radius 3 is 2.86 bits per heavy atom. The van der Waals surface area contributed by atoms with Crippen LogP contribution in [0.2, 0.25) is 0 Å². The molecule has 0 aromatic carbocycles. The minimum Gasteiger partial charge on any atom is -0.355 e. The zero-order valence-corrected chi connectivity index (χ0v) is 17.1. The quantitative estimate of drug-likeness (QED) is 0.831. The van der Waals surface area contributed by atoms with Crippen LogP contribution in [0.3, 0.4) is 0 Å². The van der Waals surface area contributed by atoms with E-state index in [1.807, 2.05) is 31.8 Å². The Hall–Kier alpha value is -2.48. The molecule has 1 unspecified atom stereocenters. The molecule has 8 heteroatoms. The standard InChI is InChI=1S/C20H29N7O/c1-12-13(2)23-18(20(28)21-3)25-19(12)27-9-8-14(11-27)24-16-6-5-7-17-15(16)10-22-26(17)4/h10,14,16,24H,5-9,11H2,1-4H3,(H,21,28)/t14-,16?/m1/s1. The van der Waals surface area contributed by atoms with E-state index < -0.39 is 0 Å². The van der Waals surface area contributed by atoms with Gasteiger partial charge in [0.15, 0.2) is 0 Å². The zero-order chi connectivity index (χ0) is 19.8. The second-order valence-electron chi connectivity index (χ2n) is 7.87. The van der Waals surface area contributed by atoms with Crippen LogP contribution >= 0.6 is 0 Å². The van der Waals surface area contributed by atoms with Crippen LogP contribution in [0.25, 0.3) is 0 Å². The van der Waals surface area contributed by atoms with Crippen LogP contribution in [0.15, 0.2) is 6.20 Å². The number of nitrogens with one attached hydrogen (secondary N) is 2. The molecule has 2 aliphatic rings. The molecule has 1 aliphatic carbocycles. The van der Waals surface area contributed by atoms with Gasteiger partial charge in [-0.2, -0.15) is 5.10 Å². The molecule has 8 nitrogen and oxygen atoms in total. The van der Waals surface area contributed by atoms with Crippen molar-refractivity contribution in [1.82, 2.24) is 30.4 Å². The first-order chi connectivity index (χ1) is 13.5. The molecule has 1 fully saturated rings. The van der Waals surface area contributed by atoms with Crippen LogP contribution in [0.5, 0.6) is 0 Å². The third kappa shape index (κ3) is 3.37. The number of aromatic nitrogens is 4. The minimum atomic E-state index is -0.246. The second kappa shape index (κ2) is 7.50. The molecule has 0 radical (unpaired) electrons. The topological polar surface area (TPSA) is 88.0 Å². The maximum absolute atomic E-state index is 12.0. The molecule has 3 heterocycles. The molecule has 1 amide bonds. The van der Waals surface area contributed by atoms with E-state index in [2.05, 4.69) is 30.6 Å². The molecule has 0 saturated carbocycles. The van der Waals surface area contributed by atoms with Crippen molar-refractivity contribution in [3.05, 3.63) is 34.5 Å². The number of fused-ring (bicyclic) bond motifs is 1. The van der Waals surface area contributed by atoms with Crippen molar-refractivity contribution in [3.63, 3.8) is 0 Å². The number of rotatable bonds is 4. The van der Waals surface area contributed by atoms with Crippen LogP contribution < -0.4 is 15.5 Å². The Morgan fingerprint density at radius 2 is 2.07 bits per heavy atom. The van der Waals surface area contributed by atoms with Crippen LogP contribution in [0.1, 0.15) is 58.4 Å². The highest BCUT2D eigenvalue weighted by Crippen LogP contribution is 2.31. The van der Waals surface area contributed by atoms with E-state index in [-0.39, 0.29) is 11.7 Å². The van der Waals surface area contributed by atoms with Crippen molar-refractivity contribution in [2.75, 3.05) is 25.0 Å². The van der Waals surface area contributed by atoms with Crippen LogP contribution in [-0.4, -0.2) is 51.8 Å². The van der Waals surface area contributed by atoms with Crippen molar-refractivity contribution in [1.29, 1.82) is 0 Å². The molecule has 2 aromatic rings. The fourth-order valence-electron chi connectivity index (χ4n) is 4.39. The van der Waals surface area contributed by atoms with E-state index in [1.165, 1.54) is 17.7 Å². The van der Waals surface area contributed by atoms with Gasteiger partial charge in [0.2, 0.25) is 5.82 Å².